The highest BCUT2D eigenvalue weighted by Crippen LogP contribution is 2.33. The van der Waals surface area contributed by atoms with Gasteiger partial charge in [-0.1, -0.05) is 35.9 Å². The SMILES string of the molecule is Cc1ccc2c(c1)C(N[C@@H](C)c1cccc(F)c1)CC2. The molecule has 20 heavy (non-hydrogen) atoms. The Morgan fingerprint density at radius 1 is 1.20 bits per heavy atom. The molecular weight excluding hydrogens is 249 g/mol. The average molecular weight is 269 g/mol. The van der Waals surface area contributed by atoms with Gasteiger partial charge in [0, 0.05) is 12.1 Å². The fraction of sp³-hybridized carbons (Fsp3) is 0.333. The number of fused-ring (bicyclic) bond motifs is 1. The van der Waals surface area contributed by atoms with Gasteiger partial charge in [0.1, 0.15) is 5.82 Å². The van der Waals surface area contributed by atoms with Gasteiger partial charge in [0.25, 0.3) is 0 Å². The monoisotopic (exact) mass is 269 g/mol. The zero-order valence-corrected chi connectivity index (χ0v) is 12.0. The lowest BCUT2D eigenvalue weighted by Gasteiger charge is -2.21. The van der Waals surface area contributed by atoms with Gasteiger partial charge in [-0.05, 0) is 55.5 Å². The van der Waals surface area contributed by atoms with Crippen LogP contribution >= 0.6 is 0 Å². The molecule has 2 atom stereocenters. The molecule has 0 heterocycles. The molecule has 0 spiro atoms. The zero-order valence-electron chi connectivity index (χ0n) is 12.0. The van der Waals surface area contributed by atoms with Gasteiger partial charge < -0.3 is 5.32 Å². The van der Waals surface area contributed by atoms with Crippen LogP contribution in [0.3, 0.4) is 0 Å². The molecule has 2 aromatic rings. The van der Waals surface area contributed by atoms with Crippen molar-refractivity contribution >= 4 is 0 Å². The number of rotatable bonds is 3. The van der Waals surface area contributed by atoms with Crippen LogP contribution in [-0.4, -0.2) is 0 Å². The van der Waals surface area contributed by atoms with Gasteiger partial charge in [0.05, 0.1) is 0 Å². The van der Waals surface area contributed by atoms with E-state index in [1.54, 1.807) is 12.1 Å². The normalized spacial score (nSPS) is 18.9. The molecule has 0 aromatic heterocycles. The summed E-state index contributed by atoms with van der Waals surface area (Å²) in [6.45, 7) is 4.23. The quantitative estimate of drug-likeness (QED) is 0.866. The molecule has 2 heteroatoms. The molecule has 0 fully saturated rings. The standard InChI is InChI=1S/C18H20FN/c1-12-6-7-14-8-9-18(17(14)10-12)20-13(2)15-4-3-5-16(19)11-15/h3-7,10-11,13,18,20H,8-9H2,1-2H3/t13-,18?/m0/s1. The maximum Gasteiger partial charge on any atom is 0.123 e. The molecule has 0 radical (unpaired) electrons. The lowest BCUT2D eigenvalue weighted by molar-refractivity contribution is 0.463. The summed E-state index contributed by atoms with van der Waals surface area (Å²) in [6.07, 6.45) is 2.25. The van der Waals surface area contributed by atoms with Crippen LogP contribution < -0.4 is 5.32 Å². The predicted molar refractivity (Wildman–Crippen MR) is 80.2 cm³/mol. The molecule has 0 saturated heterocycles. The summed E-state index contributed by atoms with van der Waals surface area (Å²) in [5, 5.41) is 3.64. The fourth-order valence-corrected chi connectivity index (χ4v) is 3.07. The third-order valence-corrected chi connectivity index (χ3v) is 4.18. The summed E-state index contributed by atoms with van der Waals surface area (Å²) in [5.41, 5.74) is 5.16. The Morgan fingerprint density at radius 2 is 2.05 bits per heavy atom. The number of halogens is 1. The van der Waals surface area contributed by atoms with Gasteiger partial charge in [-0.3, -0.25) is 0 Å². The highest BCUT2D eigenvalue weighted by Gasteiger charge is 2.23. The van der Waals surface area contributed by atoms with Crippen LogP contribution in [0.15, 0.2) is 42.5 Å². The smallest absolute Gasteiger partial charge is 0.123 e. The van der Waals surface area contributed by atoms with Crippen molar-refractivity contribution in [2.45, 2.75) is 38.8 Å². The molecule has 0 amide bonds. The molecule has 104 valence electrons. The first-order valence-electron chi connectivity index (χ1n) is 7.24. The van der Waals surface area contributed by atoms with Crippen molar-refractivity contribution in [3.05, 3.63) is 70.5 Å². The minimum atomic E-state index is -0.168. The Bertz CT molecular complexity index is 621. The van der Waals surface area contributed by atoms with Crippen molar-refractivity contribution in [2.75, 3.05) is 0 Å². The van der Waals surface area contributed by atoms with E-state index in [1.165, 1.54) is 22.8 Å². The van der Waals surface area contributed by atoms with E-state index in [2.05, 4.69) is 37.4 Å². The molecule has 1 nitrogen and oxygen atoms in total. The molecule has 2 aromatic carbocycles. The summed E-state index contributed by atoms with van der Waals surface area (Å²) in [6, 6.07) is 14.1. The highest BCUT2D eigenvalue weighted by atomic mass is 19.1. The molecule has 1 N–H and O–H groups in total. The first-order chi connectivity index (χ1) is 9.63. The Morgan fingerprint density at radius 3 is 2.85 bits per heavy atom. The van der Waals surface area contributed by atoms with Crippen molar-refractivity contribution in [3.63, 3.8) is 0 Å². The van der Waals surface area contributed by atoms with Gasteiger partial charge in [-0.2, -0.15) is 0 Å². The minimum absolute atomic E-state index is 0.155. The first-order valence-corrected chi connectivity index (χ1v) is 7.24. The molecule has 1 aliphatic carbocycles. The third kappa shape index (κ3) is 2.61. The van der Waals surface area contributed by atoms with Crippen LogP contribution in [0, 0.1) is 12.7 Å². The van der Waals surface area contributed by atoms with E-state index in [4.69, 9.17) is 0 Å². The van der Waals surface area contributed by atoms with Crippen molar-refractivity contribution in [2.24, 2.45) is 0 Å². The van der Waals surface area contributed by atoms with E-state index in [-0.39, 0.29) is 11.9 Å². The van der Waals surface area contributed by atoms with Gasteiger partial charge in [-0.25, -0.2) is 4.39 Å². The van der Waals surface area contributed by atoms with Crippen molar-refractivity contribution < 1.29 is 4.39 Å². The number of benzene rings is 2. The van der Waals surface area contributed by atoms with Crippen molar-refractivity contribution in [1.82, 2.24) is 5.32 Å². The second kappa shape index (κ2) is 5.37. The van der Waals surface area contributed by atoms with Gasteiger partial charge in [0.15, 0.2) is 0 Å². The van der Waals surface area contributed by atoms with Crippen molar-refractivity contribution in [3.8, 4) is 0 Å². The van der Waals surface area contributed by atoms with Crippen LogP contribution in [-0.2, 0) is 6.42 Å². The maximum absolute atomic E-state index is 13.3. The molecular formula is C18H20FN. The minimum Gasteiger partial charge on any atom is -0.303 e. The highest BCUT2D eigenvalue weighted by molar-refractivity contribution is 5.38. The molecule has 1 unspecified atom stereocenters. The number of hydrogen-bond acceptors (Lipinski definition) is 1. The maximum atomic E-state index is 13.3. The predicted octanol–water partition coefficient (Wildman–Crippen LogP) is 4.47. The summed E-state index contributed by atoms with van der Waals surface area (Å²) in [7, 11) is 0. The van der Waals surface area contributed by atoms with E-state index < -0.39 is 0 Å². The molecule has 0 bridgehead atoms. The average Bonchev–Trinajstić information content (AvgIpc) is 2.81. The zero-order chi connectivity index (χ0) is 14.1. The largest absolute Gasteiger partial charge is 0.303 e. The van der Waals surface area contributed by atoms with Crippen LogP contribution in [0.1, 0.15) is 47.7 Å². The molecule has 3 rings (SSSR count). The summed E-state index contributed by atoms with van der Waals surface area (Å²) in [5.74, 6) is -0.168. The molecule has 0 saturated carbocycles. The Hall–Kier alpha value is -1.67. The Labute approximate surface area is 119 Å². The second-order valence-electron chi connectivity index (χ2n) is 5.74. The number of nitrogens with one attached hydrogen (secondary N) is 1. The Kier molecular flexibility index (Phi) is 3.58. The molecule has 1 aliphatic rings. The van der Waals surface area contributed by atoms with E-state index in [0.717, 1.165) is 18.4 Å². The summed E-state index contributed by atoms with van der Waals surface area (Å²) in [4.78, 5) is 0. The van der Waals surface area contributed by atoms with Crippen molar-refractivity contribution in [1.29, 1.82) is 0 Å². The van der Waals surface area contributed by atoms with E-state index >= 15 is 0 Å². The third-order valence-electron chi connectivity index (χ3n) is 4.18. The van der Waals surface area contributed by atoms with Gasteiger partial charge in [-0.15, -0.1) is 0 Å². The molecule has 0 aliphatic heterocycles. The van der Waals surface area contributed by atoms with Crippen LogP contribution in [0.4, 0.5) is 4.39 Å². The van der Waals surface area contributed by atoms with Gasteiger partial charge in [0.2, 0.25) is 0 Å². The Balaban J connectivity index is 1.78. The second-order valence-corrected chi connectivity index (χ2v) is 5.74. The number of aryl methyl sites for hydroxylation is 2. The van der Waals surface area contributed by atoms with Crippen LogP contribution in [0.2, 0.25) is 0 Å². The summed E-state index contributed by atoms with van der Waals surface area (Å²) >= 11 is 0. The summed E-state index contributed by atoms with van der Waals surface area (Å²) < 4.78 is 13.3. The first kappa shape index (κ1) is 13.3. The van der Waals surface area contributed by atoms with E-state index in [1.807, 2.05) is 6.07 Å². The fourth-order valence-electron chi connectivity index (χ4n) is 3.07. The lowest BCUT2D eigenvalue weighted by Crippen LogP contribution is -2.23. The van der Waals surface area contributed by atoms with Gasteiger partial charge >= 0.3 is 0 Å². The lowest BCUT2D eigenvalue weighted by atomic mass is 10.0. The van der Waals surface area contributed by atoms with Crippen LogP contribution in [0.25, 0.3) is 0 Å². The van der Waals surface area contributed by atoms with Crippen LogP contribution in [0.5, 0.6) is 0 Å². The topological polar surface area (TPSA) is 12.0 Å². The number of hydrogen-bond donors (Lipinski definition) is 1. The van der Waals surface area contributed by atoms with E-state index in [0.29, 0.717) is 6.04 Å². The van der Waals surface area contributed by atoms with E-state index in [9.17, 15) is 4.39 Å².